The molecule has 0 saturated carbocycles. The quantitative estimate of drug-likeness (QED) is 0.776. The van der Waals surface area contributed by atoms with E-state index in [0.717, 1.165) is 11.1 Å². The standard InChI is InChI=1S/C23H30N2O4S/c1-14-7-6-8-20(23(27)25-11-9-19(26)10-12-25)21(14)24-30(28,29)22-17(4)15(2)13-16(3)18(22)5/h6-8,13,19,24,26H,9-12H2,1-5H3. The molecular weight excluding hydrogens is 400 g/mol. The second-order valence-electron chi connectivity index (χ2n) is 8.22. The predicted octanol–water partition coefficient (Wildman–Crippen LogP) is 3.63. The van der Waals surface area contributed by atoms with Crippen molar-refractivity contribution >= 4 is 21.6 Å². The first kappa shape index (κ1) is 22.3. The van der Waals surface area contributed by atoms with Gasteiger partial charge >= 0.3 is 0 Å². The molecule has 1 amide bonds. The van der Waals surface area contributed by atoms with Crippen LogP contribution in [0.2, 0.25) is 0 Å². The molecule has 1 saturated heterocycles. The lowest BCUT2D eigenvalue weighted by Crippen LogP contribution is -2.40. The van der Waals surface area contributed by atoms with Crippen molar-refractivity contribution in [1.29, 1.82) is 0 Å². The molecular formula is C23H30N2O4S. The van der Waals surface area contributed by atoms with E-state index in [1.165, 1.54) is 0 Å². The van der Waals surface area contributed by atoms with Crippen molar-refractivity contribution in [3.05, 3.63) is 57.6 Å². The van der Waals surface area contributed by atoms with Gasteiger partial charge in [-0.15, -0.1) is 0 Å². The van der Waals surface area contributed by atoms with Crippen LogP contribution in [-0.2, 0) is 10.0 Å². The van der Waals surface area contributed by atoms with Crippen LogP contribution in [0.4, 0.5) is 5.69 Å². The van der Waals surface area contributed by atoms with Crippen LogP contribution in [-0.4, -0.2) is 43.5 Å². The minimum absolute atomic E-state index is 0.225. The third kappa shape index (κ3) is 4.23. The molecule has 162 valence electrons. The average Bonchev–Trinajstić information content (AvgIpc) is 2.68. The number of nitrogens with zero attached hydrogens (tertiary/aromatic N) is 1. The molecule has 6 nitrogen and oxygen atoms in total. The van der Waals surface area contributed by atoms with Crippen molar-refractivity contribution in [3.8, 4) is 0 Å². The smallest absolute Gasteiger partial charge is 0.262 e. The second kappa shape index (κ2) is 8.40. The Morgan fingerprint density at radius 3 is 2.13 bits per heavy atom. The van der Waals surface area contributed by atoms with E-state index < -0.39 is 10.0 Å². The van der Waals surface area contributed by atoms with Gasteiger partial charge in [-0.3, -0.25) is 9.52 Å². The third-order valence-electron chi connectivity index (χ3n) is 6.06. The van der Waals surface area contributed by atoms with Crippen molar-refractivity contribution in [2.75, 3.05) is 17.8 Å². The van der Waals surface area contributed by atoms with Crippen LogP contribution < -0.4 is 4.72 Å². The van der Waals surface area contributed by atoms with Crippen molar-refractivity contribution < 1.29 is 18.3 Å². The number of benzene rings is 2. The zero-order valence-electron chi connectivity index (χ0n) is 18.2. The summed E-state index contributed by atoms with van der Waals surface area (Å²) in [6.07, 6.45) is 0.666. The predicted molar refractivity (Wildman–Crippen MR) is 119 cm³/mol. The van der Waals surface area contributed by atoms with Gasteiger partial charge in [-0.2, -0.15) is 0 Å². The van der Waals surface area contributed by atoms with E-state index in [2.05, 4.69) is 4.72 Å². The van der Waals surface area contributed by atoms with E-state index in [1.54, 1.807) is 43.9 Å². The van der Waals surface area contributed by atoms with Gasteiger partial charge in [0.25, 0.3) is 15.9 Å². The Morgan fingerprint density at radius 1 is 1.00 bits per heavy atom. The summed E-state index contributed by atoms with van der Waals surface area (Å²) in [5, 5.41) is 9.72. The summed E-state index contributed by atoms with van der Waals surface area (Å²) < 4.78 is 29.6. The SMILES string of the molecule is Cc1cc(C)c(C)c(S(=O)(=O)Nc2c(C)cccc2C(=O)N2CCC(O)CC2)c1C. The number of sulfonamides is 1. The highest BCUT2D eigenvalue weighted by Gasteiger charge is 2.28. The van der Waals surface area contributed by atoms with Crippen LogP contribution in [0.3, 0.4) is 0 Å². The average molecular weight is 431 g/mol. The summed E-state index contributed by atoms with van der Waals surface area (Å²) in [6, 6.07) is 7.18. The number of rotatable bonds is 4. The number of likely N-dealkylation sites (tertiary alicyclic amines) is 1. The molecule has 2 aromatic rings. The van der Waals surface area contributed by atoms with Gasteiger partial charge in [0.2, 0.25) is 0 Å². The van der Waals surface area contributed by atoms with Crippen LogP contribution in [0.15, 0.2) is 29.2 Å². The third-order valence-corrected chi connectivity index (χ3v) is 7.68. The zero-order chi connectivity index (χ0) is 22.2. The number of carbonyl (C=O) groups excluding carboxylic acids is 1. The van der Waals surface area contributed by atoms with E-state index in [-0.39, 0.29) is 16.9 Å². The Labute approximate surface area is 179 Å². The Morgan fingerprint density at radius 2 is 1.57 bits per heavy atom. The first-order chi connectivity index (χ1) is 14.0. The number of nitrogens with one attached hydrogen (secondary N) is 1. The monoisotopic (exact) mass is 430 g/mol. The first-order valence-electron chi connectivity index (χ1n) is 10.2. The molecule has 0 bridgehead atoms. The summed E-state index contributed by atoms with van der Waals surface area (Å²) in [4.78, 5) is 15.1. The number of carbonyl (C=O) groups is 1. The van der Waals surface area contributed by atoms with Crippen LogP contribution >= 0.6 is 0 Å². The molecule has 0 aromatic heterocycles. The Balaban J connectivity index is 2.03. The van der Waals surface area contributed by atoms with E-state index in [1.807, 2.05) is 19.9 Å². The molecule has 0 atom stereocenters. The fourth-order valence-corrected chi connectivity index (χ4v) is 5.76. The highest BCUT2D eigenvalue weighted by Crippen LogP contribution is 2.31. The fraction of sp³-hybridized carbons (Fsp3) is 0.435. The van der Waals surface area contributed by atoms with Crippen molar-refractivity contribution in [2.45, 2.75) is 58.5 Å². The summed E-state index contributed by atoms with van der Waals surface area (Å²) in [5.41, 5.74) is 4.55. The van der Waals surface area contributed by atoms with Gasteiger partial charge in [-0.1, -0.05) is 18.2 Å². The summed E-state index contributed by atoms with van der Waals surface area (Å²) in [6.45, 7) is 10.1. The number of piperidine rings is 1. The molecule has 3 rings (SSSR count). The maximum Gasteiger partial charge on any atom is 0.262 e. The minimum Gasteiger partial charge on any atom is -0.393 e. The lowest BCUT2D eigenvalue weighted by atomic mass is 10.0. The molecule has 1 heterocycles. The first-order valence-corrected chi connectivity index (χ1v) is 11.7. The van der Waals surface area contributed by atoms with Crippen molar-refractivity contribution in [3.63, 3.8) is 0 Å². The van der Waals surface area contributed by atoms with Crippen LogP contribution in [0.5, 0.6) is 0 Å². The number of aliphatic hydroxyl groups excluding tert-OH is 1. The second-order valence-corrected chi connectivity index (χ2v) is 9.84. The number of anilines is 1. The molecule has 2 aromatic carbocycles. The number of aryl methyl sites for hydroxylation is 3. The van der Waals surface area contributed by atoms with Crippen molar-refractivity contribution in [2.24, 2.45) is 0 Å². The van der Waals surface area contributed by atoms with Gasteiger partial charge in [-0.05, 0) is 81.3 Å². The Kier molecular flexibility index (Phi) is 6.24. The number of para-hydroxylation sites is 1. The Hall–Kier alpha value is -2.38. The van der Waals surface area contributed by atoms with E-state index in [0.29, 0.717) is 53.9 Å². The lowest BCUT2D eigenvalue weighted by Gasteiger charge is -2.30. The van der Waals surface area contributed by atoms with Gasteiger partial charge < -0.3 is 10.0 Å². The lowest BCUT2D eigenvalue weighted by molar-refractivity contribution is 0.0547. The van der Waals surface area contributed by atoms with Gasteiger partial charge in [0.05, 0.1) is 22.3 Å². The Bertz CT molecular complexity index is 1060. The van der Waals surface area contributed by atoms with E-state index in [9.17, 15) is 18.3 Å². The van der Waals surface area contributed by atoms with Crippen molar-refractivity contribution in [1.82, 2.24) is 4.90 Å². The molecule has 0 radical (unpaired) electrons. The summed E-state index contributed by atoms with van der Waals surface area (Å²) >= 11 is 0. The number of hydrogen-bond acceptors (Lipinski definition) is 4. The van der Waals surface area contributed by atoms with Gasteiger partial charge in [0.15, 0.2) is 0 Å². The highest BCUT2D eigenvalue weighted by atomic mass is 32.2. The molecule has 0 aliphatic carbocycles. The fourth-order valence-electron chi connectivity index (χ4n) is 3.99. The number of amides is 1. The zero-order valence-corrected chi connectivity index (χ0v) is 19.1. The van der Waals surface area contributed by atoms with Crippen LogP contribution in [0, 0.1) is 34.6 Å². The van der Waals surface area contributed by atoms with Gasteiger partial charge in [0.1, 0.15) is 0 Å². The molecule has 30 heavy (non-hydrogen) atoms. The van der Waals surface area contributed by atoms with Crippen LogP contribution in [0.1, 0.15) is 51.0 Å². The highest BCUT2D eigenvalue weighted by molar-refractivity contribution is 7.92. The molecule has 2 N–H and O–H groups in total. The molecule has 1 fully saturated rings. The number of hydrogen-bond donors (Lipinski definition) is 2. The molecule has 7 heteroatoms. The summed E-state index contributed by atoms with van der Waals surface area (Å²) in [7, 11) is -3.90. The molecule has 0 spiro atoms. The topological polar surface area (TPSA) is 86.7 Å². The maximum atomic E-state index is 13.4. The molecule has 0 unspecified atom stereocenters. The van der Waals surface area contributed by atoms with Gasteiger partial charge in [-0.25, -0.2) is 8.42 Å². The summed E-state index contributed by atoms with van der Waals surface area (Å²) in [5.74, 6) is -0.225. The van der Waals surface area contributed by atoms with Crippen LogP contribution in [0.25, 0.3) is 0 Å². The molecule has 1 aliphatic rings. The maximum absolute atomic E-state index is 13.4. The normalized spacial score (nSPS) is 15.3. The van der Waals surface area contributed by atoms with Gasteiger partial charge in [0, 0.05) is 13.1 Å². The minimum atomic E-state index is -3.90. The van der Waals surface area contributed by atoms with E-state index >= 15 is 0 Å². The largest absolute Gasteiger partial charge is 0.393 e. The number of aliphatic hydroxyl groups is 1. The molecule has 1 aliphatic heterocycles. The van der Waals surface area contributed by atoms with E-state index in [4.69, 9.17) is 0 Å².